The summed E-state index contributed by atoms with van der Waals surface area (Å²) in [5, 5.41) is 7.86. The number of benzene rings is 5. The van der Waals surface area contributed by atoms with Crippen molar-refractivity contribution in [1.82, 2.24) is 9.97 Å². The standard InChI is InChI=1S/C29H28GeN.C11H8N.Ir/c1-19(2)20-14-15-31-29(17-20)21-10-12-25-23-8-6-7-9-24(23)28-18-22(30(3,4)5)11-13-26(28)27(25)16-21;1-2-6-10(7-3-1)11-8-4-5-9-12-11;/h6-9,11-19H,1-5H3;1-6,8-9H;/q2*-1;. The van der Waals surface area contributed by atoms with Gasteiger partial charge in [-0.2, -0.15) is 0 Å². The average molecular weight is 810 g/mol. The van der Waals surface area contributed by atoms with Crippen LogP contribution in [0.3, 0.4) is 0 Å². The van der Waals surface area contributed by atoms with Crippen molar-refractivity contribution in [3.8, 4) is 22.5 Å². The maximum Gasteiger partial charge on any atom is 0.0160 e. The molecular weight excluding hydrogens is 773 g/mol. The fourth-order valence-electron chi connectivity index (χ4n) is 5.53. The molecule has 5 aromatic carbocycles. The van der Waals surface area contributed by atoms with Crippen LogP contribution >= 0.6 is 0 Å². The smallest absolute Gasteiger partial charge is 0.0160 e. The molecule has 0 atom stereocenters. The van der Waals surface area contributed by atoms with E-state index in [2.05, 4.69) is 120 Å². The molecule has 7 aromatic rings. The fraction of sp³-hybridized carbons (Fsp3) is 0.150. The summed E-state index contributed by atoms with van der Waals surface area (Å²) in [5.41, 5.74) is 5.37. The van der Waals surface area contributed by atoms with Crippen molar-refractivity contribution in [3.05, 3.63) is 139 Å². The molecule has 2 aromatic heterocycles. The van der Waals surface area contributed by atoms with Crippen LogP contribution in [0.25, 0.3) is 54.8 Å². The number of aromatic nitrogens is 2. The first-order valence-corrected chi connectivity index (χ1v) is 22.3. The number of hydrogen-bond donors (Lipinski definition) is 0. The Kier molecular flexibility index (Phi) is 9.80. The second-order valence-corrected chi connectivity index (χ2v) is 23.0. The number of fused-ring (bicyclic) bond motifs is 6. The van der Waals surface area contributed by atoms with Crippen LogP contribution in [0, 0.1) is 12.1 Å². The van der Waals surface area contributed by atoms with E-state index in [0.717, 1.165) is 22.5 Å². The van der Waals surface area contributed by atoms with Gasteiger partial charge in [0.25, 0.3) is 0 Å². The third kappa shape index (κ3) is 6.71. The number of rotatable bonds is 4. The Balaban J connectivity index is 0.000000248. The van der Waals surface area contributed by atoms with Gasteiger partial charge >= 0.3 is 188 Å². The van der Waals surface area contributed by atoms with Crippen LogP contribution in [0.1, 0.15) is 25.3 Å². The van der Waals surface area contributed by atoms with E-state index >= 15 is 0 Å². The van der Waals surface area contributed by atoms with Crippen molar-refractivity contribution in [2.75, 3.05) is 0 Å². The van der Waals surface area contributed by atoms with E-state index in [0.29, 0.717) is 5.92 Å². The minimum atomic E-state index is -1.93. The van der Waals surface area contributed by atoms with Gasteiger partial charge in [0.15, 0.2) is 0 Å². The normalized spacial score (nSPS) is 11.3. The van der Waals surface area contributed by atoms with Gasteiger partial charge in [-0.3, -0.25) is 0 Å². The quantitative estimate of drug-likeness (QED) is 0.101. The van der Waals surface area contributed by atoms with E-state index in [9.17, 15) is 0 Å². The SMILES string of the molecule is CC(C)c1ccnc(-c2[c-]cc3c4ccccc4c4c[c]([Ge]([CH3])([CH3])[CH3])ccc4c3c2)c1.[Ir].[c-]1ccccc1-c1ccccn1. The van der Waals surface area contributed by atoms with Gasteiger partial charge in [-0.1, -0.05) is 12.1 Å². The third-order valence-corrected chi connectivity index (χ3v) is 12.3. The number of pyridine rings is 2. The summed E-state index contributed by atoms with van der Waals surface area (Å²) in [6, 6.07) is 45.1. The molecule has 0 saturated heterocycles. The molecule has 221 valence electrons. The molecule has 2 heterocycles. The first-order chi connectivity index (χ1) is 20.8. The summed E-state index contributed by atoms with van der Waals surface area (Å²) in [6.07, 6.45) is 3.71. The summed E-state index contributed by atoms with van der Waals surface area (Å²) in [5.74, 6) is 7.87. The molecule has 2 nitrogen and oxygen atoms in total. The predicted octanol–water partition coefficient (Wildman–Crippen LogP) is 10.2. The summed E-state index contributed by atoms with van der Waals surface area (Å²) < 4.78 is 1.55. The second-order valence-electron chi connectivity index (χ2n) is 12.4. The van der Waals surface area contributed by atoms with Gasteiger partial charge in [-0.05, 0) is 11.8 Å². The molecule has 0 bridgehead atoms. The Morgan fingerprint density at radius 2 is 1.25 bits per heavy atom. The first kappa shape index (κ1) is 31.8. The van der Waals surface area contributed by atoms with Crippen LogP contribution in [-0.2, 0) is 20.1 Å². The van der Waals surface area contributed by atoms with Crippen molar-refractivity contribution in [3.63, 3.8) is 0 Å². The van der Waals surface area contributed by atoms with Crippen molar-refractivity contribution < 1.29 is 20.1 Å². The maximum atomic E-state index is 4.66. The zero-order chi connectivity index (χ0) is 30.0. The Hall–Kier alpha value is -3.63. The minimum Gasteiger partial charge on any atom is -0.305 e. The van der Waals surface area contributed by atoms with Crippen molar-refractivity contribution in [1.29, 1.82) is 0 Å². The van der Waals surface area contributed by atoms with Crippen molar-refractivity contribution in [2.45, 2.75) is 37.0 Å². The molecule has 0 saturated carbocycles. The molecule has 0 spiro atoms. The van der Waals surface area contributed by atoms with Gasteiger partial charge in [-0.15, -0.1) is 35.9 Å². The molecule has 0 fully saturated rings. The Morgan fingerprint density at radius 1 is 0.568 bits per heavy atom. The van der Waals surface area contributed by atoms with Crippen LogP contribution in [0.4, 0.5) is 0 Å². The molecule has 0 amide bonds. The average Bonchev–Trinajstić information content (AvgIpc) is 3.05. The molecule has 0 aliphatic rings. The molecular formula is C40H36GeIrN2-2. The zero-order valence-electron chi connectivity index (χ0n) is 25.9. The molecule has 7 rings (SSSR count). The van der Waals surface area contributed by atoms with Gasteiger partial charge in [0, 0.05) is 26.3 Å². The van der Waals surface area contributed by atoms with Gasteiger partial charge in [0.2, 0.25) is 0 Å². The molecule has 1 radical (unpaired) electrons. The summed E-state index contributed by atoms with van der Waals surface area (Å²) in [6.45, 7) is 4.44. The maximum absolute atomic E-state index is 4.66. The van der Waals surface area contributed by atoms with Crippen molar-refractivity contribution in [2.24, 2.45) is 0 Å². The van der Waals surface area contributed by atoms with Gasteiger partial charge < -0.3 is 4.98 Å². The van der Waals surface area contributed by atoms with E-state index < -0.39 is 13.3 Å². The molecule has 0 N–H and O–H groups in total. The monoisotopic (exact) mass is 811 g/mol. The molecule has 4 heteroatoms. The van der Waals surface area contributed by atoms with Gasteiger partial charge in [0.1, 0.15) is 0 Å². The van der Waals surface area contributed by atoms with E-state index in [-0.39, 0.29) is 20.1 Å². The number of nitrogens with zero attached hydrogens (tertiary/aromatic N) is 2. The van der Waals surface area contributed by atoms with Gasteiger partial charge in [-0.25, -0.2) is 0 Å². The minimum absolute atomic E-state index is 0. The van der Waals surface area contributed by atoms with Gasteiger partial charge in [0.05, 0.1) is 0 Å². The largest absolute Gasteiger partial charge is 0.305 e. The Morgan fingerprint density at radius 3 is 1.93 bits per heavy atom. The third-order valence-electron chi connectivity index (χ3n) is 8.01. The Labute approximate surface area is 277 Å². The molecule has 44 heavy (non-hydrogen) atoms. The Bertz CT molecular complexity index is 1990. The van der Waals surface area contributed by atoms with E-state index in [1.165, 1.54) is 37.9 Å². The zero-order valence-corrected chi connectivity index (χ0v) is 30.3. The van der Waals surface area contributed by atoms with Crippen LogP contribution in [0.15, 0.2) is 122 Å². The second kappa shape index (κ2) is 13.6. The predicted molar refractivity (Wildman–Crippen MR) is 187 cm³/mol. The van der Waals surface area contributed by atoms with E-state index in [1.54, 1.807) is 10.6 Å². The summed E-state index contributed by atoms with van der Waals surface area (Å²) in [7, 11) is 0. The van der Waals surface area contributed by atoms with E-state index in [1.807, 2.05) is 48.7 Å². The topological polar surface area (TPSA) is 25.8 Å². The van der Waals surface area contributed by atoms with Crippen LogP contribution in [-0.4, -0.2) is 23.2 Å². The van der Waals surface area contributed by atoms with E-state index in [4.69, 9.17) is 0 Å². The first-order valence-electron chi connectivity index (χ1n) is 14.9. The van der Waals surface area contributed by atoms with Crippen LogP contribution < -0.4 is 4.40 Å². The summed E-state index contributed by atoms with van der Waals surface area (Å²) >= 11 is -1.93. The molecule has 0 aliphatic heterocycles. The molecule has 0 aliphatic carbocycles. The summed E-state index contributed by atoms with van der Waals surface area (Å²) in [4.78, 5) is 8.88. The fourth-order valence-corrected chi connectivity index (χ4v) is 7.97. The molecule has 0 unspecified atom stereocenters. The van der Waals surface area contributed by atoms with Crippen molar-refractivity contribution >= 4 is 50.0 Å². The number of hydrogen-bond acceptors (Lipinski definition) is 2. The van der Waals surface area contributed by atoms with Crippen LogP contribution in [0.5, 0.6) is 0 Å². The van der Waals surface area contributed by atoms with Crippen LogP contribution in [0.2, 0.25) is 17.3 Å².